The summed E-state index contributed by atoms with van der Waals surface area (Å²) in [5.74, 6) is 2.31. The van der Waals surface area contributed by atoms with Gasteiger partial charge in [0, 0.05) is 0 Å². The van der Waals surface area contributed by atoms with Crippen molar-refractivity contribution in [3.05, 3.63) is 77.1 Å². The summed E-state index contributed by atoms with van der Waals surface area (Å²) in [5, 5.41) is 3.78. The summed E-state index contributed by atoms with van der Waals surface area (Å²) in [6.07, 6.45) is 12.7. The minimum atomic E-state index is 0.282. The molecule has 5 aliphatic rings. The van der Waals surface area contributed by atoms with Crippen molar-refractivity contribution in [2.24, 2.45) is 4.99 Å². The highest BCUT2D eigenvalue weighted by molar-refractivity contribution is 5.90. The Morgan fingerprint density at radius 3 is 2.27 bits per heavy atom. The van der Waals surface area contributed by atoms with Gasteiger partial charge in [-0.1, -0.05) is 55.3 Å². The molecule has 4 heterocycles. The third-order valence-electron chi connectivity index (χ3n) is 12.1. The van der Waals surface area contributed by atoms with Gasteiger partial charge in [0.25, 0.3) is 0 Å². The second-order valence-electron chi connectivity index (χ2n) is 14.7. The molecule has 9 rings (SSSR count). The predicted octanol–water partition coefficient (Wildman–Crippen LogP) is 7.56. The number of aromatic amines is 1. The molecule has 4 aromatic rings. The van der Waals surface area contributed by atoms with Crippen molar-refractivity contribution in [2.45, 2.75) is 87.7 Å². The lowest BCUT2D eigenvalue weighted by Gasteiger charge is -2.28. The number of nitrogens with zero attached hydrogens (tertiary/aromatic N) is 4. The standard InChI is InChI=1S/C39H46N6/c1-44-21-5-7-34(44)37-40-24-33(43-37)26-11-9-25(10-12-26)29-15-14-28(30-17-20-39(36(29)30)18-3-4-19-39)27-13-16-31-32(23-27)42-38(41-31)35-8-6-22-45(35)2/h9-16,23,33-35H,3-8,17-22,24H2,1-2H3,(H,40,43)(H,41,42). The van der Waals surface area contributed by atoms with E-state index in [1.165, 1.54) is 104 Å². The molecule has 1 aromatic heterocycles. The first-order valence-corrected chi connectivity index (χ1v) is 17.5. The monoisotopic (exact) mass is 598 g/mol. The molecule has 3 atom stereocenters. The molecule has 3 fully saturated rings. The smallest absolute Gasteiger partial charge is 0.124 e. The van der Waals surface area contributed by atoms with E-state index in [9.17, 15) is 0 Å². The molecule has 2 N–H and O–H groups in total. The van der Waals surface area contributed by atoms with Gasteiger partial charge in [-0.3, -0.25) is 14.8 Å². The normalized spacial score (nSPS) is 26.3. The SMILES string of the molecule is CN1CCCC1C1=NCC(c2ccc(-c3ccc(-c4ccc5nc(C6CCCN6C)[nH]c5c4)c4c3C3(CCCC3)CC4)cc2)N1. The van der Waals surface area contributed by atoms with Gasteiger partial charge in [0.05, 0.1) is 35.7 Å². The van der Waals surface area contributed by atoms with Crippen LogP contribution in [0, 0.1) is 0 Å². The lowest BCUT2D eigenvalue weighted by Crippen LogP contribution is -2.40. The number of benzene rings is 3. The molecule has 3 aromatic carbocycles. The molecule has 1 saturated carbocycles. The fourth-order valence-corrected chi connectivity index (χ4v) is 9.68. The van der Waals surface area contributed by atoms with Crippen molar-refractivity contribution in [2.75, 3.05) is 33.7 Å². The van der Waals surface area contributed by atoms with Gasteiger partial charge in [-0.25, -0.2) is 4.98 Å². The van der Waals surface area contributed by atoms with Crippen LogP contribution in [0.4, 0.5) is 0 Å². The minimum absolute atomic E-state index is 0.282. The zero-order valence-corrected chi connectivity index (χ0v) is 26.9. The van der Waals surface area contributed by atoms with Gasteiger partial charge >= 0.3 is 0 Å². The molecule has 2 saturated heterocycles. The van der Waals surface area contributed by atoms with E-state index in [-0.39, 0.29) is 6.04 Å². The first-order valence-electron chi connectivity index (χ1n) is 17.5. The second kappa shape index (κ2) is 10.8. The first-order chi connectivity index (χ1) is 22.1. The fourth-order valence-electron chi connectivity index (χ4n) is 9.68. The Hall–Kier alpha value is -3.48. The van der Waals surface area contributed by atoms with E-state index < -0.39 is 0 Å². The van der Waals surface area contributed by atoms with E-state index in [2.05, 4.69) is 88.8 Å². The van der Waals surface area contributed by atoms with Crippen LogP contribution in [0.3, 0.4) is 0 Å². The number of rotatable bonds is 5. The molecular formula is C39H46N6. The zero-order valence-electron chi connectivity index (χ0n) is 26.9. The molecule has 3 aliphatic heterocycles. The van der Waals surface area contributed by atoms with Crippen LogP contribution in [0.2, 0.25) is 0 Å². The average Bonchev–Trinajstić information content (AvgIpc) is 3.91. The maximum atomic E-state index is 5.02. The Morgan fingerprint density at radius 2 is 1.51 bits per heavy atom. The Labute approximate surface area is 267 Å². The Kier molecular flexibility index (Phi) is 6.68. The summed E-state index contributed by atoms with van der Waals surface area (Å²) >= 11 is 0. The number of amidine groups is 1. The first kappa shape index (κ1) is 27.8. The molecule has 1 spiro atoms. The van der Waals surface area contributed by atoms with Gasteiger partial charge in [-0.15, -0.1) is 0 Å². The van der Waals surface area contributed by atoms with Crippen LogP contribution in [-0.4, -0.2) is 65.4 Å². The van der Waals surface area contributed by atoms with Crippen LogP contribution in [-0.2, 0) is 11.8 Å². The second-order valence-corrected chi connectivity index (χ2v) is 14.7. The summed E-state index contributed by atoms with van der Waals surface area (Å²) in [5.41, 5.74) is 12.7. The third-order valence-corrected chi connectivity index (χ3v) is 12.1. The largest absolute Gasteiger partial charge is 0.364 e. The van der Waals surface area contributed by atoms with Gasteiger partial charge in [-0.05, 0) is 135 Å². The number of imidazole rings is 1. The minimum Gasteiger partial charge on any atom is -0.364 e. The fraction of sp³-hybridized carbons (Fsp3) is 0.487. The lowest BCUT2D eigenvalue weighted by molar-refractivity contribution is 0.307. The van der Waals surface area contributed by atoms with Crippen molar-refractivity contribution in [1.82, 2.24) is 25.1 Å². The quantitative estimate of drug-likeness (QED) is 0.249. The van der Waals surface area contributed by atoms with E-state index in [0.29, 0.717) is 17.5 Å². The summed E-state index contributed by atoms with van der Waals surface area (Å²) < 4.78 is 0. The molecule has 0 amide bonds. The van der Waals surface area contributed by atoms with Gasteiger partial charge < -0.3 is 10.3 Å². The summed E-state index contributed by atoms with van der Waals surface area (Å²) in [6.45, 7) is 3.17. The van der Waals surface area contributed by atoms with Crippen molar-refractivity contribution in [1.29, 1.82) is 0 Å². The zero-order chi connectivity index (χ0) is 30.1. The maximum Gasteiger partial charge on any atom is 0.124 e. The molecule has 6 nitrogen and oxygen atoms in total. The number of aliphatic imine (C=N–C) groups is 1. The van der Waals surface area contributed by atoms with Crippen LogP contribution in [0.15, 0.2) is 59.6 Å². The van der Waals surface area contributed by atoms with E-state index in [0.717, 1.165) is 29.9 Å². The predicted molar refractivity (Wildman–Crippen MR) is 184 cm³/mol. The molecule has 232 valence electrons. The number of likely N-dealkylation sites (tertiary alicyclic amines) is 2. The number of aromatic nitrogens is 2. The number of hydrogen-bond donors (Lipinski definition) is 2. The average molecular weight is 599 g/mol. The number of H-pyrrole nitrogens is 1. The van der Waals surface area contributed by atoms with E-state index in [4.69, 9.17) is 9.98 Å². The molecule has 2 aliphatic carbocycles. The van der Waals surface area contributed by atoms with E-state index in [1.54, 1.807) is 11.1 Å². The van der Waals surface area contributed by atoms with Crippen LogP contribution in [0.5, 0.6) is 0 Å². The van der Waals surface area contributed by atoms with E-state index in [1.807, 2.05) is 0 Å². The van der Waals surface area contributed by atoms with Crippen LogP contribution in [0.25, 0.3) is 33.3 Å². The van der Waals surface area contributed by atoms with E-state index >= 15 is 0 Å². The molecule has 45 heavy (non-hydrogen) atoms. The molecule has 6 heteroatoms. The highest BCUT2D eigenvalue weighted by Gasteiger charge is 2.43. The van der Waals surface area contributed by atoms with Crippen molar-refractivity contribution < 1.29 is 0 Å². The van der Waals surface area contributed by atoms with Gasteiger partial charge in [0.1, 0.15) is 11.7 Å². The molecule has 0 radical (unpaired) electrons. The summed E-state index contributed by atoms with van der Waals surface area (Å²) in [7, 11) is 4.45. The number of nitrogens with one attached hydrogen (secondary N) is 2. The van der Waals surface area contributed by atoms with Crippen molar-refractivity contribution >= 4 is 16.9 Å². The van der Waals surface area contributed by atoms with Crippen LogP contribution >= 0.6 is 0 Å². The van der Waals surface area contributed by atoms with Crippen LogP contribution < -0.4 is 5.32 Å². The Bertz CT molecular complexity index is 1780. The van der Waals surface area contributed by atoms with Gasteiger partial charge in [0.15, 0.2) is 0 Å². The number of hydrogen-bond acceptors (Lipinski definition) is 5. The molecular weight excluding hydrogens is 552 g/mol. The molecule has 3 unspecified atom stereocenters. The van der Waals surface area contributed by atoms with Crippen LogP contribution in [0.1, 0.15) is 92.4 Å². The summed E-state index contributed by atoms with van der Waals surface area (Å²) in [6, 6.07) is 22.4. The molecule has 0 bridgehead atoms. The Morgan fingerprint density at radius 1 is 0.778 bits per heavy atom. The maximum absolute atomic E-state index is 5.02. The highest BCUT2D eigenvalue weighted by atomic mass is 15.2. The summed E-state index contributed by atoms with van der Waals surface area (Å²) in [4.78, 5) is 18.5. The van der Waals surface area contributed by atoms with Gasteiger partial charge in [-0.2, -0.15) is 0 Å². The number of fused-ring (bicyclic) bond motifs is 3. The van der Waals surface area contributed by atoms with Crippen molar-refractivity contribution in [3.8, 4) is 22.3 Å². The highest BCUT2D eigenvalue weighted by Crippen LogP contribution is 2.55. The lowest BCUT2D eigenvalue weighted by atomic mass is 9.76. The van der Waals surface area contributed by atoms with Crippen molar-refractivity contribution in [3.63, 3.8) is 0 Å². The Balaban J connectivity index is 1.04. The topological polar surface area (TPSA) is 59.6 Å². The van der Waals surface area contributed by atoms with Gasteiger partial charge in [0.2, 0.25) is 0 Å². The number of likely N-dealkylation sites (N-methyl/N-ethyl adjacent to an activating group) is 1. The third kappa shape index (κ3) is 4.58.